The molecule has 1 aromatic carbocycles. The minimum atomic E-state index is -4.02. The molecule has 0 amide bonds. The largest absolute Gasteiger partial charge is 0.469 e. The van der Waals surface area contributed by atoms with E-state index in [9.17, 15) is 18.0 Å². The zero-order chi connectivity index (χ0) is 17.5. The molecule has 1 aromatic rings. The van der Waals surface area contributed by atoms with Crippen LogP contribution in [-0.2, 0) is 35.8 Å². The minimum Gasteiger partial charge on any atom is -0.469 e. The Morgan fingerprint density at radius 1 is 1.04 bits per heavy atom. The van der Waals surface area contributed by atoms with E-state index in [1.807, 2.05) is 0 Å². The molecule has 0 fully saturated rings. The summed E-state index contributed by atoms with van der Waals surface area (Å²) in [5.74, 6) is -0.809. The quantitative estimate of drug-likeness (QED) is 0.633. The lowest BCUT2D eigenvalue weighted by Crippen LogP contribution is -2.32. The van der Waals surface area contributed by atoms with Crippen LogP contribution in [0, 0.1) is 0 Å². The summed E-state index contributed by atoms with van der Waals surface area (Å²) >= 11 is 0. The number of rotatable bonds is 8. The maximum Gasteiger partial charge on any atom is 0.384 e. The molecule has 8 nitrogen and oxygen atoms in total. The molecule has 0 saturated heterocycles. The fourth-order valence-electron chi connectivity index (χ4n) is 1.55. The molecule has 0 heterocycles. The Labute approximate surface area is 135 Å². The molecule has 0 aliphatic heterocycles. The lowest BCUT2D eigenvalue weighted by atomic mass is 10.1. The zero-order valence-electron chi connectivity index (χ0n) is 13.1. The summed E-state index contributed by atoms with van der Waals surface area (Å²) in [5, 5.41) is 0. The predicted octanol–water partition coefficient (Wildman–Crippen LogP) is 0.521. The molecular formula is C14H19NO7S. The lowest BCUT2D eigenvalue weighted by Gasteiger charge is -2.16. The second kappa shape index (κ2) is 8.49. The van der Waals surface area contributed by atoms with Crippen molar-refractivity contribution in [3.05, 3.63) is 29.8 Å². The summed E-state index contributed by atoms with van der Waals surface area (Å²) in [7, 11) is -0.215. The van der Waals surface area contributed by atoms with E-state index in [1.54, 1.807) is 12.1 Å². The number of methoxy groups -OCH3 is 2. The van der Waals surface area contributed by atoms with Crippen LogP contribution in [0.5, 0.6) is 5.75 Å². The van der Waals surface area contributed by atoms with Gasteiger partial charge in [-0.2, -0.15) is 12.7 Å². The summed E-state index contributed by atoms with van der Waals surface area (Å²) < 4.78 is 38.8. The molecule has 0 bridgehead atoms. The SMILES string of the molecule is COC(=O)CCN(C)S(=O)(=O)Oc1ccc(CC(=O)OC)cc1. The van der Waals surface area contributed by atoms with E-state index in [4.69, 9.17) is 4.18 Å². The van der Waals surface area contributed by atoms with Gasteiger partial charge in [0.25, 0.3) is 0 Å². The minimum absolute atomic E-state index is 0.0601. The average Bonchev–Trinajstić information content (AvgIpc) is 2.53. The van der Waals surface area contributed by atoms with Gasteiger partial charge in [-0.25, -0.2) is 0 Å². The highest BCUT2D eigenvalue weighted by molar-refractivity contribution is 7.84. The topological polar surface area (TPSA) is 99.2 Å². The van der Waals surface area contributed by atoms with Gasteiger partial charge in [0.15, 0.2) is 0 Å². The summed E-state index contributed by atoms with van der Waals surface area (Å²) in [5.41, 5.74) is 0.667. The van der Waals surface area contributed by atoms with Crippen LogP contribution in [0.1, 0.15) is 12.0 Å². The van der Waals surface area contributed by atoms with Gasteiger partial charge in [0, 0.05) is 13.6 Å². The number of nitrogens with zero attached hydrogens (tertiary/aromatic N) is 1. The monoisotopic (exact) mass is 345 g/mol. The van der Waals surface area contributed by atoms with Gasteiger partial charge in [0.05, 0.1) is 27.1 Å². The van der Waals surface area contributed by atoms with E-state index in [0.717, 1.165) is 4.31 Å². The van der Waals surface area contributed by atoms with Crippen LogP contribution in [-0.4, -0.2) is 52.5 Å². The van der Waals surface area contributed by atoms with E-state index in [1.165, 1.54) is 33.4 Å². The molecular weight excluding hydrogens is 326 g/mol. The van der Waals surface area contributed by atoms with Crippen molar-refractivity contribution in [2.24, 2.45) is 0 Å². The van der Waals surface area contributed by atoms with E-state index in [-0.39, 0.29) is 25.1 Å². The van der Waals surface area contributed by atoms with Gasteiger partial charge in [-0.1, -0.05) is 12.1 Å². The van der Waals surface area contributed by atoms with Crippen LogP contribution in [0.15, 0.2) is 24.3 Å². The van der Waals surface area contributed by atoms with E-state index >= 15 is 0 Å². The first-order chi connectivity index (χ1) is 10.8. The molecule has 0 aliphatic carbocycles. The molecule has 23 heavy (non-hydrogen) atoms. The third-order valence-electron chi connectivity index (χ3n) is 2.94. The Balaban J connectivity index is 2.66. The van der Waals surface area contributed by atoms with Crippen LogP contribution < -0.4 is 4.18 Å². The van der Waals surface area contributed by atoms with E-state index in [0.29, 0.717) is 5.56 Å². The molecule has 0 radical (unpaired) electrons. The number of ether oxygens (including phenoxy) is 2. The van der Waals surface area contributed by atoms with Crippen LogP contribution in [0.4, 0.5) is 0 Å². The number of hydrogen-bond acceptors (Lipinski definition) is 7. The Bertz CT molecular complexity index is 640. The maximum absolute atomic E-state index is 12.0. The van der Waals surface area contributed by atoms with Crippen LogP contribution in [0.2, 0.25) is 0 Å². The van der Waals surface area contributed by atoms with Crippen molar-refractivity contribution < 1.29 is 31.7 Å². The molecule has 9 heteroatoms. The van der Waals surface area contributed by atoms with Gasteiger partial charge < -0.3 is 13.7 Å². The highest BCUT2D eigenvalue weighted by atomic mass is 32.2. The third-order valence-corrected chi connectivity index (χ3v) is 4.29. The van der Waals surface area contributed by atoms with Crippen molar-refractivity contribution in [2.45, 2.75) is 12.8 Å². The van der Waals surface area contributed by atoms with Crippen molar-refractivity contribution in [2.75, 3.05) is 27.8 Å². The van der Waals surface area contributed by atoms with Gasteiger partial charge in [0.1, 0.15) is 5.75 Å². The summed E-state index contributed by atoms with van der Waals surface area (Å²) in [4.78, 5) is 22.2. The molecule has 0 atom stereocenters. The second-order valence-corrected chi connectivity index (χ2v) is 6.23. The molecule has 0 aromatic heterocycles. The predicted molar refractivity (Wildman–Crippen MR) is 81.0 cm³/mol. The zero-order valence-corrected chi connectivity index (χ0v) is 14.0. The van der Waals surface area contributed by atoms with Gasteiger partial charge in [-0.05, 0) is 17.7 Å². The third kappa shape index (κ3) is 6.25. The Hall–Kier alpha value is -2.13. The van der Waals surface area contributed by atoms with Crippen LogP contribution in [0.3, 0.4) is 0 Å². The molecule has 0 aliphatic rings. The normalized spacial score (nSPS) is 11.1. The lowest BCUT2D eigenvalue weighted by molar-refractivity contribution is -0.141. The first-order valence-corrected chi connectivity index (χ1v) is 8.03. The van der Waals surface area contributed by atoms with E-state index in [2.05, 4.69) is 9.47 Å². The molecule has 1 rings (SSSR count). The number of esters is 2. The first-order valence-electron chi connectivity index (χ1n) is 6.67. The summed E-state index contributed by atoms with van der Waals surface area (Å²) in [6.45, 7) is -0.0601. The molecule has 0 saturated carbocycles. The standard InChI is InChI=1S/C14H19NO7S/c1-15(9-8-13(16)20-2)23(18,19)22-12-6-4-11(5-7-12)10-14(17)21-3/h4-7H,8-10H2,1-3H3. The van der Waals surface area contributed by atoms with Gasteiger partial charge in [-0.15, -0.1) is 0 Å². The fourth-order valence-corrected chi connectivity index (χ4v) is 2.35. The number of carbonyl (C=O) groups excluding carboxylic acids is 2. The Kier molecular flexibility index (Phi) is 6.98. The Morgan fingerprint density at radius 2 is 1.61 bits per heavy atom. The number of benzene rings is 1. The molecule has 0 unspecified atom stereocenters. The smallest absolute Gasteiger partial charge is 0.384 e. The Morgan fingerprint density at radius 3 is 2.13 bits per heavy atom. The van der Waals surface area contributed by atoms with E-state index < -0.39 is 22.2 Å². The van der Waals surface area contributed by atoms with Crippen LogP contribution >= 0.6 is 0 Å². The first kappa shape index (κ1) is 18.9. The highest BCUT2D eigenvalue weighted by Gasteiger charge is 2.21. The van der Waals surface area contributed by atoms with Gasteiger partial charge in [0.2, 0.25) is 0 Å². The van der Waals surface area contributed by atoms with Gasteiger partial charge in [-0.3, -0.25) is 9.59 Å². The van der Waals surface area contributed by atoms with Gasteiger partial charge >= 0.3 is 22.2 Å². The van der Waals surface area contributed by atoms with Crippen LogP contribution in [0.25, 0.3) is 0 Å². The second-order valence-electron chi connectivity index (χ2n) is 4.59. The number of carbonyl (C=O) groups is 2. The highest BCUT2D eigenvalue weighted by Crippen LogP contribution is 2.16. The fraction of sp³-hybridized carbons (Fsp3) is 0.429. The van der Waals surface area contributed by atoms with Crippen molar-refractivity contribution in [3.8, 4) is 5.75 Å². The van der Waals surface area contributed by atoms with Crippen molar-refractivity contribution in [1.29, 1.82) is 0 Å². The molecule has 128 valence electrons. The molecule has 0 spiro atoms. The average molecular weight is 345 g/mol. The molecule has 0 N–H and O–H groups in total. The summed E-state index contributed by atoms with van der Waals surface area (Å²) in [6, 6.07) is 6.00. The van der Waals surface area contributed by atoms with Crippen molar-refractivity contribution in [3.63, 3.8) is 0 Å². The maximum atomic E-state index is 12.0. The van der Waals surface area contributed by atoms with Crippen molar-refractivity contribution >= 4 is 22.2 Å². The number of hydrogen-bond donors (Lipinski definition) is 0. The van der Waals surface area contributed by atoms with Crippen molar-refractivity contribution in [1.82, 2.24) is 4.31 Å². The summed E-state index contributed by atoms with van der Waals surface area (Å²) in [6.07, 6.45) is 0.0101.